The number of rotatable bonds is 5. The predicted molar refractivity (Wildman–Crippen MR) is 75.8 cm³/mol. The number of carbonyl (C=O) groups excluding carboxylic acids is 2. The molecule has 4 N–H and O–H groups in total. The third-order valence-corrected chi connectivity index (χ3v) is 3.44. The molecule has 1 aromatic rings. The Hall–Kier alpha value is -2.41. The highest BCUT2D eigenvalue weighted by molar-refractivity contribution is 5.95. The number of nitrogens with zero attached hydrogens (tertiary/aromatic N) is 1. The van der Waals surface area contributed by atoms with E-state index < -0.39 is 17.8 Å². The van der Waals surface area contributed by atoms with Gasteiger partial charge in [0, 0.05) is 17.8 Å². The van der Waals surface area contributed by atoms with Crippen LogP contribution in [0.4, 0.5) is 5.69 Å². The van der Waals surface area contributed by atoms with Gasteiger partial charge in [-0.05, 0) is 37.2 Å². The molecule has 0 aliphatic carbocycles. The number of anilines is 1. The van der Waals surface area contributed by atoms with E-state index in [1.165, 1.54) is 12.1 Å². The Morgan fingerprint density at radius 1 is 1.29 bits per heavy atom. The zero-order valence-corrected chi connectivity index (χ0v) is 11.4. The van der Waals surface area contributed by atoms with Gasteiger partial charge in [-0.3, -0.25) is 19.3 Å². The topological polar surface area (TPSA) is 113 Å². The summed E-state index contributed by atoms with van der Waals surface area (Å²) in [6.45, 7) is 1.15. The number of primary amides is 1. The second kappa shape index (κ2) is 6.36. The van der Waals surface area contributed by atoms with Crippen LogP contribution in [0.2, 0.25) is 0 Å². The minimum atomic E-state index is -0.819. The molecular formula is C14H17N3O4. The van der Waals surface area contributed by atoms with E-state index in [1.54, 1.807) is 12.1 Å². The molecule has 1 heterocycles. The normalized spacial score (nSPS) is 18.4. The van der Waals surface area contributed by atoms with Gasteiger partial charge in [-0.15, -0.1) is 0 Å². The van der Waals surface area contributed by atoms with Crippen LogP contribution in [0.3, 0.4) is 0 Å². The smallest absolute Gasteiger partial charge is 0.307 e. The number of nitrogens with two attached hydrogens (primary N) is 1. The van der Waals surface area contributed by atoms with Crippen LogP contribution in [-0.4, -0.2) is 47.4 Å². The summed E-state index contributed by atoms with van der Waals surface area (Å²) < 4.78 is 0. The van der Waals surface area contributed by atoms with Crippen molar-refractivity contribution in [1.29, 1.82) is 0 Å². The van der Waals surface area contributed by atoms with Crippen molar-refractivity contribution in [2.45, 2.75) is 6.42 Å². The number of likely N-dealkylation sites (tertiary alicyclic amines) is 1. The lowest BCUT2D eigenvalue weighted by molar-refractivity contribution is -0.141. The van der Waals surface area contributed by atoms with Gasteiger partial charge in [0.15, 0.2) is 0 Å². The molecule has 2 amide bonds. The van der Waals surface area contributed by atoms with Gasteiger partial charge in [0.2, 0.25) is 11.8 Å². The van der Waals surface area contributed by atoms with Crippen molar-refractivity contribution in [3.63, 3.8) is 0 Å². The number of carboxylic acid groups (broad SMARTS) is 1. The number of hydrogen-bond acceptors (Lipinski definition) is 4. The zero-order chi connectivity index (χ0) is 15.4. The Labute approximate surface area is 121 Å². The highest BCUT2D eigenvalue weighted by atomic mass is 16.4. The molecule has 1 unspecified atom stereocenters. The average molecular weight is 291 g/mol. The number of amides is 2. The summed E-state index contributed by atoms with van der Waals surface area (Å²) in [4.78, 5) is 35.5. The van der Waals surface area contributed by atoms with Crippen LogP contribution >= 0.6 is 0 Å². The lowest BCUT2D eigenvalue weighted by Gasteiger charge is -2.14. The Morgan fingerprint density at radius 2 is 1.95 bits per heavy atom. The maximum Gasteiger partial charge on any atom is 0.307 e. The molecule has 0 saturated carbocycles. The number of hydrogen-bond donors (Lipinski definition) is 3. The standard InChI is InChI=1S/C14H17N3O4/c15-13(19)9-1-3-11(4-2-9)16-12(18)8-17-6-5-10(7-17)14(20)21/h1-4,10H,5-8H2,(H2,15,19)(H,16,18)(H,20,21). The van der Waals surface area contributed by atoms with Gasteiger partial charge >= 0.3 is 5.97 Å². The fourth-order valence-corrected chi connectivity index (χ4v) is 2.30. The molecule has 1 fully saturated rings. The molecule has 0 radical (unpaired) electrons. The van der Waals surface area contributed by atoms with E-state index in [-0.39, 0.29) is 12.5 Å². The van der Waals surface area contributed by atoms with Crippen molar-refractivity contribution in [3.8, 4) is 0 Å². The maximum atomic E-state index is 11.9. The molecule has 112 valence electrons. The van der Waals surface area contributed by atoms with Gasteiger partial charge in [-0.1, -0.05) is 0 Å². The fourth-order valence-electron chi connectivity index (χ4n) is 2.30. The van der Waals surface area contributed by atoms with Crippen LogP contribution in [0, 0.1) is 5.92 Å². The molecule has 1 aliphatic heterocycles. The van der Waals surface area contributed by atoms with Gasteiger partial charge < -0.3 is 16.2 Å². The average Bonchev–Trinajstić information content (AvgIpc) is 2.87. The van der Waals surface area contributed by atoms with Crippen LogP contribution in [0.1, 0.15) is 16.8 Å². The molecule has 0 aromatic heterocycles. The van der Waals surface area contributed by atoms with Crippen molar-refractivity contribution in [2.24, 2.45) is 11.7 Å². The number of carboxylic acids is 1. The Morgan fingerprint density at radius 3 is 2.48 bits per heavy atom. The third kappa shape index (κ3) is 4.03. The molecule has 0 bridgehead atoms. The van der Waals surface area contributed by atoms with Gasteiger partial charge in [-0.2, -0.15) is 0 Å². The first-order valence-electron chi connectivity index (χ1n) is 6.60. The minimum Gasteiger partial charge on any atom is -0.481 e. The molecule has 1 aromatic carbocycles. The summed E-state index contributed by atoms with van der Waals surface area (Å²) in [6.07, 6.45) is 0.565. The Bertz CT molecular complexity index is 556. The van der Waals surface area contributed by atoms with Gasteiger partial charge in [-0.25, -0.2) is 0 Å². The zero-order valence-electron chi connectivity index (χ0n) is 11.4. The summed E-state index contributed by atoms with van der Waals surface area (Å²) in [5, 5.41) is 11.6. The van der Waals surface area contributed by atoms with E-state index in [9.17, 15) is 14.4 Å². The van der Waals surface area contributed by atoms with Crippen molar-refractivity contribution >= 4 is 23.5 Å². The predicted octanol–water partition coefficient (Wildman–Crippen LogP) is 0.130. The van der Waals surface area contributed by atoms with E-state index in [2.05, 4.69) is 5.32 Å². The maximum absolute atomic E-state index is 11.9. The first-order valence-corrected chi connectivity index (χ1v) is 6.60. The van der Waals surface area contributed by atoms with E-state index in [0.29, 0.717) is 30.8 Å². The first kappa shape index (κ1) is 15.0. The van der Waals surface area contributed by atoms with Crippen LogP contribution in [0.25, 0.3) is 0 Å². The van der Waals surface area contributed by atoms with Crippen molar-refractivity contribution in [3.05, 3.63) is 29.8 Å². The molecule has 7 heteroatoms. The molecular weight excluding hydrogens is 274 g/mol. The number of nitrogens with one attached hydrogen (secondary N) is 1. The largest absolute Gasteiger partial charge is 0.481 e. The second-order valence-corrected chi connectivity index (χ2v) is 5.05. The SMILES string of the molecule is NC(=O)c1ccc(NC(=O)CN2CCC(C(=O)O)C2)cc1. The van der Waals surface area contributed by atoms with E-state index in [1.807, 2.05) is 4.90 Å². The molecule has 1 saturated heterocycles. The highest BCUT2D eigenvalue weighted by Crippen LogP contribution is 2.16. The lowest BCUT2D eigenvalue weighted by atomic mass is 10.1. The summed E-state index contributed by atoms with van der Waals surface area (Å²) in [7, 11) is 0. The fraction of sp³-hybridized carbons (Fsp3) is 0.357. The summed E-state index contributed by atoms with van der Waals surface area (Å²) in [5.74, 6) is -1.95. The number of carbonyl (C=O) groups is 3. The van der Waals surface area contributed by atoms with Crippen LogP contribution < -0.4 is 11.1 Å². The van der Waals surface area contributed by atoms with Crippen LogP contribution in [0.5, 0.6) is 0 Å². The van der Waals surface area contributed by atoms with Crippen molar-refractivity contribution in [1.82, 2.24) is 4.90 Å². The molecule has 1 aliphatic rings. The van der Waals surface area contributed by atoms with E-state index in [0.717, 1.165) is 0 Å². The molecule has 0 spiro atoms. The number of aliphatic carboxylic acids is 1. The van der Waals surface area contributed by atoms with Crippen LogP contribution in [-0.2, 0) is 9.59 Å². The Kier molecular flexibility index (Phi) is 4.54. The van der Waals surface area contributed by atoms with Gasteiger partial charge in [0.25, 0.3) is 0 Å². The molecule has 1 atom stereocenters. The molecule has 2 rings (SSSR count). The van der Waals surface area contributed by atoms with Crippen LogP contribution in [0.15, 0.2) is 24.3 Å². The quantitative estimate of drug-likeness (QED) is 0.713. The first-order chi connectivity index (χ1) is 9.95. The lowest BCUT2D eigenvalue weighted by Crippen LogP contribution is -2.32. The number of benzene rings is 1. The minimum absolute atomic E-state index is 0.154. The van der Waals surface area contributed by atoms with E-state index in [4.69, 9.17) is 10.8 Å². The summed E-state index contributed by atoms with van der Waals surface area (Å²) in [5.41, 5.74) is 6.07. The summed E-state index contributed by atoms with van der Waals surface area (Å²) in [6, 6.07) is 6.27. The monoisotopic (exact) mass is 291 g/mol. The summed E-state index contributed by atoms with van der Waals surface area (Å²) >= 11 is 0. The highest BCUT2D eigenvalue weighted by Gasteiger charge is 2.28. The van der Waals surface area contributed by atoms with Crippen molar-refractivity contribution in [2.75, 3.05) is 25.0 Å². The van der Waals surface area contributed by atoms with Crippen molar-refractivity contribution < 1.29 is 19.5 Å². The second-order valence-electron chi connectivity index (χ2n) is 5.05. The third-order valence-electron chi connectivity index (χ3n) is 3.44. The molecule has 21 heavy (non-hydrogen) atoms. The Balaban J connectivity index is 1.85. The van der Waals surface area contributed by atoms with E-state index >= 15 is 0 Å². The van der Waals surface area contributed by atoms with Gasteiger partial charge in [0.05, 0.1) is 12.5 Å². The molecule has 7 nitrogen and oxygen atoms in total. The van der Waals surface area contributed by atoms with Gasteiger partial charge in [0.1, 0.15) is 0 Å².